The second kappa shape index (κ2) is 9.64. The number of methoxy groups -OCH3 is 1. The highest BCUT2D eigenvalue weighted by molar-refractivity contribution is 6.10. The van der Waals surface area contributed by atoms with Gasteiger partial charge in [0.05, 0.1) is 29.4 Å². The number of carbonyl (C=O) groups excluding carboxylic acids is 1. The van der Waals surface area contributed by atoms with Gasteiger partial charge in [-0.2, -0.15) is 5.10 Å². The first kappa shape index (κ1) is 21.6. The number of pyridine rings is 1. The standard InChI is InChI=1S/C26H28N4O2/c1-4-5-6-15-27-26(31)21-16-22(18-11-13-20(32-3)14-12-18)28-25-23(21)24(29-30-25)19-9-7-17(2)8-10-19/h7-14,16H,4-6,15H2,1-3H3,(H,27,31)(H,28,29,30). The van der Waals surface area contributed by atoms with Crippen LogP contribution in [0.3, 0.4) is 0 Å². The lowest BCUT2D eigenvalue weighted by Crippen LogP contribution is -2.24. The van der Waals surface area contributed by atoms with Crippen LogP contribution in [0.25, 0.3) is 33.5 Å². The molecule has 164 valence electrons. The molecule has 1 amide bonds. The molecule has 6 nitrogen and oxygen atoms in total. The van der Waals surface area contributed by atoms with Gasteiger partial charge in [0.25, 0.3) is 5.91 Å². The lowest BCUT2D eigenvalue weighted by molar-refractivity contribution is 0.0954. The van der Waals surface area contributed by atoms with Crippen molar-refractivity contribution in [2.24, 2.45) is 0 Å². The molecule has 0 fully saturated rings. The van der Waals surface area contributed by atoms with Gasteiger partial charge < -0.3 is 10.1 Å². The fourth-order valence-corrected chi connectivity index (χ4v) is 3.71. The predicted octanol–water partition coefficient (Wildman–Crippen LogP) is 5.53. The van der Waals surface area contributed by atoms with Crippen molar-refractivity contribution in [3.63, 3.8) is 0 Å². The molecule has 0 bridgehead atoms. The zero-order valence-electron chi connectivity index (χ0n) is 18.7. The largest absolute Gasteiger partial charge is 0.497 e. The van der Waals surface area contributed by atoms with Gasteiger partial charge in [0.15, 0.2) is 5.65 Å². The number of aromatic nitrogens is 3. The first-order valence-electron chi connectivity index (χ1n) is 11.0. The fourth-order valence-electron chi connectivity index (χ4n) is 3.71. The van der Waals surface area contributed by atoms with Gasteiger partial charge in [-0.1, -0.05) is 49.6 Å². The topological polar surface area (TPSA) is 79.9 Å². The van der Waals surface area contributed by atoms with Gasteiger partial charge in [-0.15, -0.1) is 0 Å². The Kier molecular flexibility index (Phi) is 6.50. The molecular weight excluding hydrogens is 400 g/mol. The Morgan fingerprint density at radius 1 is 1.03 bits per heavy atom. The van der Waals surface area contributed by atoms with E-state index in [0.29, 0.717) is 23.4 Å². The Hall–Kier alpha value is -3.67. The maximum Gasteiger partial charge on any atom is 0.252 e. The normalized spacial score (nSPS) is 11.0. The van der Waals surface area contributed by atoms with Crippen molar-refractivity contribution < 1.29 is 9.53 Å². The van der Waals surface area contributed by atoms with Crippen LogP contribution in [0.5, 0.6) is 5.75 Å². The van der Waals surface area contributed by atoms with Crippen LogP contribution < -0.4 is 10.1 Å². The number of nitrogens with one attached hydrogen (secondary N) is 2. The van der Waals surface area contributed by atoms with Gasteiger partial charge in [0, 0.05) is 17.7 Å². The van der Waals surface area contributed by atoms with Crippen molar-refractivity contribution in [3.05, 3.63) is 65.7 Å². The quantitative estimate of drug-likeness (QED) is 0.362. The number of ether oxygens (including phenoxy) is 1. The fraction of sp³-hybridized carbons (Fsp3) is 0.269. The lowest BCUT2D eigenvalue weighted by atomic mass is 10.0. The van der Waals surface area contributed by atoms with Crippen LogP contribution in [0.15, 0.2) is 54.6 Å². The molecule has 4 rings (SSSR count). The minimum atomic E-state index is -0.113. The highest BCUT2D eigenvalue weighted by Crippen LogP contribution is 2.32. The van der Waals surface area contributed by atoms with E-state index in [-0.39, 0.29) is 5.91 Å². The number of hydrogen-bond acceptors (Lipinski definition) is 4. The molecule has 0 aliphatic heterocycles. The van der Waals surface area contributed by atoms with Crippen molar-refractivity contribution >= 4 is 16.9 Å². The third kappa shape index (κ3) is 4.49. The van der Waals surface area contributed by atoms with Crippen LogP contribution in [0, 0.1) is 6.92 Å². The molecule has 4 aromatic rings. The molecule has 0 saturated carbocycles. The summed E-state index contributed by atoms with van der Waals surface area (Å²) in [7, 11) is 1.64. The third-order valence-corrected chi connectivity index (χ3v) is 5.56. The summed E-state index contributed by atoms with van der Waals surface area (Å²) in [6.07, 6.45) is 3.15. The van der Waals surface area contributed by atoms with Crippen LogP contribution in [-0.2, 0) is 0 Å². The van der Waals surface area contributed by atoms with Crippen molar-refractivity contribution in [2.45, 2.75) is 33.1 Å². The summed E-state index contributed by atoms with van der Waals surface area (Å²) in [6.45, 7) is 4.84. The number of rotatable bonds is 8. The molecule has 0 saturated heterocycles. The molecule has 0 unspecified atom stereocenters. The number of aryl methyl sites for hydroxylation is 1. The first-order valence-corrected chi connectivity index (χ1v) is 11.0. The Balaban J connectivity index is 1.80. The van der Waals surface area contributed by atoms with Crippen LogP contribution >= 0.6 is 0 Å². The van der Waals surface area contributed by atoms with Crippen LogP contribution in [-0.4, -0.2) is 34.7 Å². The van der Waals surface area contributed by atoms with E-state index in [1.165, 1.54) is 5.56 Å². The smallest absolute Gasteiger partial charge is 0.252 e. The van der Waals surface area contributed by atoms with Crippen LogP contribution in [0.2, 0.25) is 0 Å². The van der Waals surface area contributed by atoms with Crippen molar-refractivity contribution in [1.29, 1.82) is 0 Å². The van der Waals surface area contributed by atoms with E-state index < -0.39 is 0 Å². The summed E-state index contributed by atoms with van der Waals surface area (Å²) < 4.78 is 5.26. The molecule has 2 aromatic carbocycles. The van der Waals surface area contributed by atoms with Crippen LogP contribution in [0.1, 0.15) is 42.1 Å². The second-order valence-electron chi connectivity index (χ2n) is 7.91. The molecule has 6 heteroatoms. The number of benzene rings is 2. The molecule has 2 heterocycles. The SMILES string of the molecule is CCCCCNC(=O)c1cc(-c2ccc(OC)cc2)nc2n[nH]c(-c3ccc(C)cc3)c12. The number of hydrogen-bond donors (Lipinski definition) is 2. The summed E-state index contributed by atoms with van der Waals surface area (Å²) >= 11 is 0. The molecule has 0 spiro atoms. The minimum absolute atomic E-state index is 0.113. The van der Waals surface area contributed by atoms with E-state index >= 15 is 0 Å². The summed E-state index contributed by atoms with van der Waals surface area (Å²) in [6, 6.07) is 17.6. The summed E-state index contributed by atoms with van der Waals surface area (Å²) in [5.74, 6) is 0.656. The number of unbranched alkanes of at least 4 members (excludes halogenated alkanes) is 2. The molecule has 0 aliphatic carbocycles. The van der Waals surface area contributed by atoms with Crippen molar-refractivity contribution in [3.8, 4) is 28.3 Å². The zero-order chi connectivity index (χ0) is 22.5. The minimum Gasteiger partial charge on any atom is -0.497 e. The Bertz CT molecular complexity index is 1210. The molecule has 0 aliphatic rings. The van der Waals surface area contributed by atoms with E-state index in [9.17, 15) is 4.79 Å². The number of fused-ring (bicyclic) bond motifs is 1. The van der Waals surface area contributed by atoms with Crippen molar-refractivity contribution in [2.75, 3.05) is 13.7 Å². The number of aromatic amines is 1. The predicted molar refractivity (Wildman–Crippen MR) is 128 cm³/mol. The molecule has 0 radical (unpaired) electrons. The molecule has 2 N–H and O–H groups in total. The summed E-state index contributed by atoms with van der Waals surface area (Å²) in [5, 5.41) is 11.4. The van der Waals surface area contributed by atoms with Gasteiger partial charge in [-0.3, -0.25) is 9.89 Å². The van der Waals surface area contributed by atoms with E-state index in [2.05, 4.69) is 22.4 Å². The Morgan fingerprint density at radius 3 is 2.44 bits per heavy atom. The average Bonchev–Trinajstić information content (AvgIpc) is 3.26. The van der Waals surface area contributed by atoms with E-state index in [1.807, 2.05) is 61.5 Å². The number of carbonyl (C=O) groups is 1. The highest BCUT2D eigenvalue weighted by atomic mass is 16.5. The summed E-state index contributed by atoms with van der Waals surface area (Å²) in [4.78, 5) is 18.0. The zero-order valence-corrected chi connectivity index (χ0v) is 18.7. The number of amides is 1. The van der Waals surface area contributed by atoms with Gasteiger partial charge >= 0.3 is 0 Å². The molecule has 0 atom stereocenters. The highest BCUT2D eigenvalue weighted by Gasteiger charge is 2.20. The lowest BCUT2D eigenvalue weighted by Gasteiger charge is -2.10. The number of H-pyrrole nitrogens is 1. The second-order valence-corrected chi connectivity index (χ2v) is 7.91. The monoisotopic (exact) mass is 428 g/mol. The van der Waals surface area contributed by atoms with Gasteiger partial charge in [-0.25, -0.2) is 4.98 Å². The molecule has 2 aromatic heterocycles. The average molecular weight is 429 g/mol. The molecular formula is C26H28N4O2. The van der Waals surface area contributed by atoms with E-state index in [0.717, 1.165) is 47.2 Å². The van der Waals surface area contributed by atoms with Gasteiger partial charge in [0.1, 0.15) is 5.75 Å². The Labute approximate surface area is 188 Å². The van der Waals surface area contributed by atoms with Crippen LogP contribution in [0.4, 0.5) is 0 Å². The van der Waals surface area contributed by atoms with E-state index in [1.54, 1.807) is 7.11 Å². The van der Waals surface area contributed by atoms with Gasteiger partial charge in [-0.05, 0) is 43.7 Å². The van der Waals surface area contributed by atoms with E-state index in [4.69, 9.17) is 9.72 Å². The maximum atomic E-state index is 13.2. The number of nitrogens with zero attached hydrogens (tertiary/aromatic N) is 2. The first-order chi connectivity index (χ1) is 15.6. The third-order valence-electron chi connectivity index (χ3n) is 5.56. The summed E-state index contributed by atoms with van der Waals surface area (Å²) in [5.41, 5.74) is 5.62. The molecule has 32 heavy (non-hydrogen) atoms. The maximum absolute atomic E-state index is 13.2. The Morgan fingerprint density at radius 2 is 1.75 bits per heavy atom. The van der Waals surface area contributed by atoms with Crippen molar-refractivity contribution in [1.82, 2.24) is 20.5 Å². The van der Waals surface area contributed by atoms with Gasteiger partial charge in [0.2, 0.25) is 0 Å².